The number of carbonyl (C=O) groups excluding carboxylic acids is 1. The summed E-state index contributed by atoms with van der Waals surface area (Å²) in [4.78, 5) is 12.7. The summed E-state index contributed by atoms with van der Waals surface area (Å²) in [6.07, 6.45) is 5.22. The molecule has 0 spiro atoms. The van der Waals surface area contributed by atoms with E-state index in [2.05, 4.69) is 7.05 Å². The van der Waals surface area contributed by atoms with Crippen molar-refractivity contribution < 1.29 is 40.8 Å². The first kappa shape index (κ1) is 19.4. The number of likely N-dealkylation sites (N-methyl/N-ethyl adjacent to an activating group) is 1. The molecule has 0 amide bonds. The monoisotopic (exact) mass is 437 g/mol. The maximum Gasteiger partial charge on any atom is 0.316 e. The molecule has 3 heterocycles. The zero-order chi connectivity index (χ0) is 17.9. The summed E-state index contributed by atoms with van der Waals surface area (Å²) in [5.41, 5.74) is 0.819. The molecule has 2 unspecified atom stereocenters. The van der Waals surface area contributed by atoms with Gasteiger partial charge < -0.3 is 36.0 Å². The lowest BCUT2D eigenvalue weighted by molar-refractivity contribution is -0.957. The van der Waals surface area contributed by atoms with E-state index in [-0.39, 0.29) is 35.7 Å². The average molecular weight is 438 g/mol. The molecule has 3 aliphatic heterocycles. The zero-order valence-electron chi connectivity index (χ0n) is 15.7. The smallest absolute Gasteiger partial charge is 0.316 e. The van der Waals surface area contributed by atoms with Crippen LogP contribution < -0.4 is 17.0 Å². The van der Waals surface area contributed by atoms with Gasteiger partial charge >= 0.3 is 5.97 Å². The molecule has 148 valence electrons. The summed E-state index contributed by atoms with van der Waals surface area (Å²) in [5, 5.41) is 9.71. The Hall–Kier alpha value is -0.950. The van der Waals surface area contributed by atoms with Gasteiger partial charge in [0.1, 0.15) is 36.3 Å². The third kappa shape index (κ3) is 3.35. The number of hydrogen-bond donors (Lipinski definition) is 1. The molecule has 3 saturated heterocycles. The molecule has 5 nitrogen and oxygen atoms in total. The number of ether oxygens (including phenoxy) is 2. The van der Waals surface area contributed by atoms with Crippen LogP contribution in [0.5, 0.6) is 0 Å². The molecular weight excluding hydrogens is 410 g/mol. The Morgan fingerprint density at radius 2 is 1.85 bits per heavy atom. The predicted octanol–water partition coefficient (Wildman–Crippen LogP) is -1.15. The van der Waals surface area contributed by atoms with E-state index in [9.17, 15) is 9.90 Å². The Morgan fingerprint density at radius 3 is 2.41 bits per heavy atom. The molecule has 27 heavy (non-hydrogen) atoms. The molecule has 4 aliphatic rings. The Morgan fingerprint density at radius 1 is 1.22 bits per heavy atom. The van der Waals surface area contributed by atoms with Crippen LogP contribution in [0.1, 0.15) is 37.2 Å². The van der Waals surface area contributed by atoms with Crippen LogP contribution in [-0.2, 0) is 14.3 Å². The molecule has 4 fully saturated rings. The molecule has 7 atom stereocenters. The molecule has 0 radical (unpaired) electrons. The van der Waals surface area contributed by atoms with Crippen molar-refractivity contribution >= 4 is 5.97 Å². The Labute approximate surface area is 171 Å². The lowest BCUT2D eigenvalue weighted by Gasteiger charge is -2.48. The number of rotatable bonds is 6. The first-order valence-electron chi connectivity index (χ1n) is 9.97. The number of piperidine rings is 1. The van der Waals surface area contributed by atoms with E-state index < -0.39 is 5.92 Å². The van der Waals surface area contributed by atoms with Gasteiger partial charge in [-0.05, 0) is 18.4 Å². The Bertz CT molecular complexity index is 677. The molecule has 0 aromatic heterocycles. The molecule has 1 aromatic rings. The summed E-state index contributed by atoms with van der Waals surface area (Å²) >= 11 is 0. The largest absolute Gasteiger partial charge is 1.00 e. The fourth-order valence-electron chi connectivity index (χ4n) is 5.53. The molecule has 6 heteroatoms. The van der Waals surface area contributed by atoms with Crippen molar-refractivity contribution in [2.75, 3.05) is 20.2 Å². The lowest BCUT2D eigenvalue weighted by Crippen LogP contribution is -3.00. The van der Waals surface area contributed by atoms with Gasteiger partial charge in [0.05, 0.1) is 20.2 Å². The number of morpholine rings is 1. The van der Waals surface area contributed by atoms with E-state index in [4.69, 9.17) is 9.47 Å². The van der Waals surface area contributed by atoms with E-state index in [1.165, 1.54) is 19.4 Å². The lowest BCUT2D eigenvalue weighted by atomic mass is 9.94. The van der Waals surface area contributed by atoms with Crippen LogP contribution >= 0.6 is 0 Å². The van der Waals surface area contributed by atoms with Crippen LogP contribution in [0.2, 0.25) is 0 Å². The summed E-state index contributed by atoms with van der Waals surface area (Å²) in [6.45, 7) is 1.04. The highest BCUT2D eigenvalue weighted by Gasteiger charge is 2.72. The van der Waals surface area contributed by atoms with E-state index in [0.29, 0.717) is 24.3 Å². The van der Waals surface area contributed by atoms with Crippen LogP contribution in [0.4, 0.5) is 0 Å². The summed E-state index contributed by atoms with van der Waals surface area (Å²) < 4.78 is 12.9. The van der Waals surface area contributed by atoms with Gasteiger partial charge in [0.15, 0.2) is 0 Å². The maximum absolute atomic E-state index is 12.7. The number of epoxide rings is 1. The van der Waals surface area contributed by atoms with Crippen molar-refractivity contribution in [3.8, 4) is 0 Å². The molecule has 1 aliphatic carbocycles. The van der Waals surface area contributed by atoms with Crippen LogP contribution in [0, 0.1) is 5.92 Å². The standard InChI is InChI=1S/C21H28NO4.BrH/c1-22(11-13-7-8-13)17-9-15(10-18(22)20-19(17)26-20)25-21(24)16(12-23)14-5-3-2-4-6-14;/h2-6,13,15-20,23H,7-12H2,1H3;1H/q+1;/p-1/t15?,16-,17-,18+,19+,20-,22?;/m0./s1. The molecule has 5 rings (SSSR count). The quantitative estimate of drug-likeness (QED) is 0.346. The highest BCUT2D eigenvalue weighted by molar-refractivity contribution is 5.78. The Kier molecular flexibility index (Phi) is 5.12. The van der Waals surface area contributed by atoms with Gasteiger partial charge in [-0.3, -0.25) is 4.79 Å². The SMILES string of the molecule is C[N+]1(CC2CC2)[C@@H]2CC(OC(=O)[C@@H](CO)c3ccccc3)C[C@H]1[C@H]1O[C@H]12.[Br-]. The second-order valence-corrected chi connectivity index (χ2v) is 8.85. The molecule has 1 aromatic carbocycles. The van der Waals surface area contributed by atoms with Gasteiger partial charge in [-0.1, -0.05) is 30.3 Å². The van der Waals surface area contributed by atoms with Crippen molar-refractivity contribution in [3.05, 3.63) is 35.9 Å². The fourth-order valence-corrected chi connectivity index (χ4v) is 5.53. The van der Waals surface area contributed by atoms with Crippen LogP contribution in [-0.4, -0.2) is 66.2 Å². The van der Waals surface area contributed by atoms with Crippen LogP contribution in [0.25, 0.3) is 0 Å². The number of hydrogen-bond acceptors (Lipinski definition) is 4. The van der Waals surface area contributed by atoms with Crippen molar-refractivity contribution in [2.45, 2.75) is 62.0 Å². The third-order valence-electron chi connectivity index (χ3n) is 7.14. The highest BCUT2D eigenvalue weighted by atomic mass is 79.9. The number of nitrogens with zero attached hydrogens (tertiary/aromatic N) is 1. The second-order valence-electron chi connectivity index (χ2n) is 8.85. The van der Waals surface area contributed by atoms with Crippen molar-refractivity contribution in [1.82, 2.24) is 0 Å². The van der Waals surface area contributed by atoms with Crippen molar-refractivity contribution in [1.29, 1.82) is 0 Å². The van der Waals surface area contributed by atoms with Gasteiger partial charge in [-0.25, -0.2) is 0 Å². The zero-order valence-corrected chi connectivity index (χ0v) is 17.3. The van der Waals surface area contributed by atoms with Crippen molar-refractivity contribution in [3.63, 3.8) is 0 Å². The van der Waals surface area contributed by atoms with Crippen LogP contribution in [0.15, 0.2) is 30.3 Å². The highest BCUT2D eigenvalue weighted by Crippen LogP contribution is 2.54. The number of aliphatic hydroxyl groups excluding tert-OH is 1. The van der Waals surface area contributed by atoms with Gasteiger partial charge in [0, 0.05) is 18.8 Å². The van der Waals surface area contributed by atoms with E-state index in [0.717, 1.165) is 28.8 Å². The predicted molar refractivity (Wildman–Crippen MR) is 95.4 cm³/mol. The average Bonchev–Trinajstić information content (AvgIpc) is 3.51. The van der Waals surface area contributed by atoms with Gasteiger partial charge in [0.2, 0.25) is 0 Å². The number of aliphatic hydroxyl groups is 1. The topological polar surface area (TPSA) is 59.1 Å². The number of esters is 1. The van der Waals surface area contributed by atoms with E-state index in [1.54, 1.807) is 0 Å². The number of quaternary nitrogens is 1. The fraction of sp³-hybridized carbons (Fsp3) is 0.667. The number of halogens is 1. The van der Waals surface area contributed by atoms with Gasteiger partial charge in [0.25, 0.3) is 0 Å². The van der Waals surface area contributed by atoms with Crippen molar-refractivity contribution in [2.24, 2.45) is 5.92 Å². The Balaban J connectivity index is 0.00000180. The molecule has 1 N–H and O–H groups in total. The first-order chi connectivity index (χ1) is 12.6. The van der Waals surface area contributed by atoms with E-state index >= 15 is 0 Å². The summed E-state index contributed by atoms with van der Waals surface area (Å²) in [6, 6.07) is 10.4. The maximum atomic E-state index is 12.7. The minimum atomic E-state index is -0.589. The molecule has 2 bridgehead atoms. The van der Waals surface area contributed by atoms with Crippen LogP contribution in [0.3, 0.4) is 0 Å². The second kappa shape index (κ2) is 7.14. The minimum Gasteiger partial charge on any atom is -1.00 e. The first-order valence-corrected chi connectivity index (χ1v) is 9.97. The van der Waals surface area contributed by atoms with Gasteiger partial charge in [-0.15, -0.1) is 0 Å². The number of benzene rings is 1. The number of fused-ring (bicyclic) bond motifs is 5. The molecular formula is C21H28BrNO4. The van der Waals surface area contributed by atoms with E-state index in [1.807, 2.05) is 30.3 Å². The number of carbonyl (C=O) groups is 1. The summed E-state index contributed by atoms with van der Waals surface area (Å²) in [5.74, 6) is 0.00309. The normalized spacial score (nSPS) is 39.9. The van der Waals surface area contributed by atoms with Gasteiger partial charge in [-0.2, -0.15) is 0 Å². The summed E-state index contributed by atoms with van der Waals surface area (Å²) in [7, 11) is 2.39. The molecule has 1 saturated carbocycles. The third-order valence-corrected chi connectivity index (χ3v) is 7.14. The minimum absolute atomic E-state index is 0.